The van der Waals surface area contributed by atoms with Crippen LogP contribution in [-0.2, 0) is 11.2 Å². The highest BCUT2D eigenvalue weighted by Crippen LogP contribution is 2.25. The first-order chi connectivity index (χ1) is 13.1. The molecule has 0 aliphatic rings. The van der Waals surface area contributed by atoms with Crippen LogP contribution in [0.25, 0.3) is 0 Å². The van der Waals surface area contributed by atoms with Crippen molar-refractivity contribution in [1.29, 1.82) is 0 Å². The lowest BCUT2D eigenvalue weighted by Gasteiger charge is -2.11. The number of amides is 1. The summed E-state index contributed by atoms with van der Waals surface area (Å²) in [5.41, 5.74) is 0.944. The van der Waals surface area contributed by atoms with E-state index in [9.17, 15) is 9.18 Å². The number of ether oxygens (including phenoxy) is 3. The van der Waals surface area contributed by atoms with E-state index in [0.29, 0.717) is 31.7 Å². The van der Waals surface area contributed by atoms with Crippen molar-refractivity contribution in [3.63, 3.8) is 0 Å². The molecule has 0 aromatic heterocycles. The van der Waals surface area contributed by atoms with E-state index in [4.69, 9.17) is 14.2 Å². The number of benzene rings is 2. The molecule has 27 heavy (non-hydrogen) atoms. The van der Waals surface area contributed by atoms with E-state index in [0.717, 1.165) is 29.9 Å². The zero-order valence-electron chi connectivity index (χ0n) is 15.8. The van der Waals surface area contributed by atoms with Gasteiger partial charge >= 0.3 is 0 Å². The van der Waals surface area contributed by atoms with Crippen molar-refractivity contribution < 1.29 is 23.4 Å². The van der Waals surface area contributed by atoms with Gasteiger partial charge in [0.05, 0.1) is 20.8 Å². The zero-order valence-corrected chi connectivity index (χ0v) is 15.8. The minimum absolute atomic E-state index is 0.000624. The van der Waals surface area contributed by atoms with Gasteiger partial charge in [0.25, 0.3) is 0 Å². The first kappa shape index (κ1) is 20.6. The first-order valence-corrected chi connectivity index (χ1v) is 8.98. The van der Waals surface area contributed by atoms with Crippen molar-refractivity contribution >= 4 is 5.91 Å². The third kappa shape index (κ3) is 7.17. The van der Waals surface area contributed by atoms with Crippen molar-refractivity contribution in [3.8, 4) is 17.2 Å². The Morgan fingerprint density at radius 3 is 2.44 bits per heavy atom. The summed E-state index contributed by atoms with van der Waals surface area (Å²) in [4.78, 5) is 12.0. The number of carbonyl (C=O) groups excluding carboxylic acids is 1. The molecule has 1 amide bonds. The molecule has 0 saturated heterocycles. The highest BCUT2D eigenvalue weighted by atomic mass is 19.1. The van der Waals surface area contributed by atoms with Gasteiger partial charge in [0.1, 0.15) is 23.1 Å². The normalized spacial score (nSPS) is 10.3. The van der Waals surface area contributed by atoms with Gasteiger partial charge in [0.15, 0.2) is 0 Å². The van der Waals surface area contributed by atoms with Crippen LogP contribution >= 0.6 is 0 Å². The zero-order chi connectivity index (χ0) is 19.5. The van der Waals surface area contributed by atoms with Gasteiger partial charge in [0, 0.05) is 13.0 Å². The van der Waals surface area contributed by atoms with E-state index in [1.54, 1.807) is 26.4 Å². The topological polar surface area (TPSA) is 56.8 Å². The molecule has 0 aliphatic heterocycles. The second kappa shape index (κ2) is 11.1. The standard InChI is InChI=1S/C21H26FNO4/c1-25-19-10-11-20(26-2)16(15-19)5-12-21(24)23-13-3-4-14-27-18-8-6-17(22)7-9-18/h6-11,15H,3-5,12-14H2,1-2H3,(H,23,24). The Balaban J connectivity index is 1.61. The number of methoxy groups -OCH3 is 2. The molecular weight excluding hydrogens is 349 g/mol. The van der Waals surface area contributed by atoms with E-state index >= 15 is 0 Å². The second-order valence-electron chi connectivity index (χ2n) is 6.04. The SMILES string of the molecule is COc1ccc(OC)c(CCC(=O)NCCCCOc2ccc(F)cc2)c1. The Labute approximate surface area is 159 Å². The lowest BCUT2D eigenvalue weighted by molar-refractivity contribution is -0.121. The summed E-state index contributed by atoms with van der Waals surface area (Å²) in [7, 11) is 3.22. The number of halogens is 1. The molecule has 0 saturated carbocycles. The summed E-state index contributed by atoms with van der Waals surface area (Å²) in [6.45, 7) is 1.13. The molecule has 0 fully saturated rings. The summed E-state index contributed by atoms with van der Waals surface area (Å²) < 4.78 is 28.8. The largest absolute Gasteiger partial charge is 0.497 e. The Bertz CT molecular complexity index is 719. The molecule has 0 atom stereocenters. The van der Waals surface area contributed by atoms with Gasteiger partial charge in [-0.1, -0.05) is 0 Å². The summed E-state index contributed by atoms with van der Waals surface area (Å²) in [6, 6.07) is 11.5. The molecule has 0 radical (unpaired) electrons. The van der Waals surface area contributed by atoms with Crippen molar-refractivity contribution in [2.75, 3.05) is 27.4 Å². The van der Waals surface area contributed by atoms with Crippen LogP contribution in [0.1, 0.15) is 24.8 Å². The molecule has 1 N–H and O–H groups in total. The molecule has 5 nitrogen and oxygen atoms in total. The lowest BCUT2D eigenvalue weighted by Crippen LogP contribution is -2.25. The van der Waals surface area contributed by atoms with Gasteiger partial charge < -0.3 is 19.5 Å². The van der Waals surface area contributed by atoms with E-state index in [1.807, 2.05) is 18.2 Å². The predicted molar refractivity (Wildman–Crippen MR) is 102 cm³/mol. The number of hydrogen-bond donors (Lipinski definition) is 1. The maximum absolute atomic E-state index is 12.8. The number of carbonyl (C=O) groups is 1. The molecule has 0 bridgehead atoms. The van der Waals surface area contributed by atoms with Crippen LogP contribution in [0.4, 0.5) is 4.39 Å². The fourth-order valence-electron chi connectivity index (χ4n) is 2.59. The monoisotopic (exact) mass is 375 g/mol. The third-order valence-corrected chi connectivity index (χ3v) is 4.08. The van der Waals surface area contributed by atoms with Crippen LogP contribution in [0.15, 0.2) is 42.5 Å². The number of unbranched alkanes of at least 4 members (excludes halogenated alkanes) is 1. The number of nitrogens with one attached hydrogen (secondary N) is 1. The van der Waals surface area contributed by atoms with Gasteiger partial charge in [-0.3, -0.25) is 4.79 Å². The van der Waals surface area contributed by atoms with Crippen LogP contribution < -0.4 is 19.5 Å². The fraction of sp³-hybridized carbons (Fsp3) is 0.381. The van der Waals surface area contributed by atoms with Gasteiger partial charge in [-0.05, 0) is 67.3 Å². The Kier molecular flexibility index (Phi) is 8.42. The predicted octanol–water partition coefficient (Wildman–Crippen LogP) is 3.75. The van der Waals surface area contributed by atoms with Crippen LogP contribution in [0, 0.1) is 5.82 Å². The second-order valence-corrected chi connectivity index (χ2v) is 6.04. The van der Waals surface area contributed by atoms with Crippen molar-refractivity contribution in [1.82, 2.24) is 5.32 Å². The van der Waals surface area contributed by atoms with Crippen molar-refractivity contribution in [2.24, 2.45) is 0 Å². The average Bonchev–Trinajstić information content (AvgIpc) is 2.70. The molecule has 0 unspecified atom stereocenters. The minimum Gasteiger partial charge on any atom is -0.497 e. The van der Waals surface area contributed by atoms with Gasteiger partial charge in [-0.2, -0.15) is 0 Å². The lowest BCUT2D eigenvalue weighted by atomic mass is 10.1. The van der Waals surface area contributed by atoms with E-state index in [1.165, 1.54) is 12.1 Å². The molecule has 0 spiro atoms. The van der Waals surface area contributed by atoms with Crippen molar-refractivity contribution in [2.45, 2.75) is 25.7 Å². The molecule has 146 valence electrons. The molecule has 6 heteroatoms. The first-order valence-electron chi connectivity index (χ1n) is 8.98. The summed E-state index contributed by atoms with van der Waals surface area (Å²) in [5, 5.41) is 2.91. The molecule has 2 rings (SSSR count). The quantitative estimate of drug-likeness (QED) is 0.608. The summed E-state index contributed by atoms with van der Waals surface area (Å²) >= 11 is 0. The highest BCUT2D eigenvalue weighted by molar-refractivity contribution is 5.76. The van der Waals surface area contributed by atoms with E-state index < -0.39 is 0 Å². The van der Waals surface area contributed by atoms with E-state index in [2.05, 4.69) is 5.32 Å². The van der Waals surface area contributed by atoms with Crippen LogP contribution in [0.5, 0.6) is 17.2 Å². The van der Waals surface area contributed by atoms with Crippen LogP contribution in [-0.4, -0.2) is 33.3 Å². The number of hydrogen-bond acceptors (Lipinski definition) is 4. The Morgan fingerprint density at radius 2 is 1.74 bits per heavy atom. The van der Waals surface area contributed by atoms with Gasteiger partial charge in [-0.15, -0.1) is 0 Å². The Hall–Kier alpha value is -2.76. The van der Waals surface area contributed by atoms with Gasteiger partial charge in [0.2, 0.25) is 5.91 Å². The van der Waals surface area contributed by atoms with Crippen molar-refractivity contribution in [3.05, 3.63) is 53.8 Å². The van der Waals surface area contributed by atoms with Crippen LogP contribution in [0.3, 0.4) is 0 Å². The highest BCUT2D eigenvalue weighted by Gasteiger charge is 2.08. The fourth-order valence-corrected chi connectivity index (χ4v) is 2.59. The average molecular weight is 375 g/mol. The maximum atomic E-state index is 12.8. The molecular formula is C21H26FNO4. The van der Waals surface area contributed by atoms with Gasteiger partial charge in [-0.25, -0.2) is 4.39 Å². The molecule has 0 aliphatic carbocycles. The minimum atomic E-state index is -0.281. The molecule has 0 heterocycles. The Morgan fingerprint density at radius 1 is 1.00 bits per heavy atom. The summed E-state index contributed by atoms with van der Waals surface area (Å²) in [6.07, 6.45) is 2.59. The molecule has 2 aromatic carbocycles. The summed E-state index contributed by atoms with van der Waals surface area (Å²) in [5.74, 6) is 1.86. The third-order valence-electron chi connectivity index (χ3n) is 4.08. The van der Waals surface area contributed by atoms with E-state index in [-0.39, 0.29) is 11.7 Å². The number of rotatable bonds is 11. The maximum Gasteiger partial charge on any atom is 0.220 e. The smallest absolute Gasteiger partial charge is 0.220 e. The number of aryl methyl sites for hydroxylation is 1. The molecule has 2 aromatic rings. The van der Waals surface area contributed by atoms with Crippen LogP contribution in [0.2, 0.25) is 0 Å².